The van der Waals surface area contributed by atoms with Gasteiger partial charge in [0.1, 0.15) is 12.1 Å². The fourth-order valence-corrected chi connectivity index (χ4v) is 9.66. The lowest BCUT2D eigenvalue weighted by atomic mass is 9.82. The molecule has 14 heteroatoms. The maximum Gasteiger partial charge on any atom is 0.315 e. The first-order chi connectivity index (χ1) is 25.5. The van der Waals surface area contributed by atoms with Gasteiger partial charge in [-0.1, -0.05) is 97.9 Å². The van der Waals surface area contributed by atoms with E-state index < -0.39 is 63.2 Å². The molecule has 5 amide bonds. The van der Waals surface area contributed by atoms with Crippen molar-refractivity contribution in [1.82, 2.24) is 30.5 Å². The van der Waals surface area contributed by atoms with E-state index in [9.17, 15) is 32.4 Å². The predicted molar refractivity (Wildman–Crippen MR) is 207 cm³/mol. The third kappa shape index (κ3) is 10.3. The van der Waals surface area contributed by atoms with Crippen LogP contribution in [-0.2, 0) is 35.7 Å². The molecular formula is C40H62N6O7S. The Morgan fingerprint density at radius 2 is 1.67 bits per heavy atom. The van der Waals surface area contributed by atoms with Gasteiger partial charge in [0.2, 0.25) is 27.6 Å². The Balaban J connectivity index is 1.56. The number of urea groups is 1. The van der Waals surface area contributed by atoms with Gasteiger partial charge < -0.3 is 26.2 Å². The van der Waals surface area contributed by atoms with E-state index in [1.54, 1.807) is 29.2 Å². The van der Waals surface area contributed by atoms with Crippen molar-refractivity contribution in [2.75, 3.05) is 19.6 Å². The number of fused-ring (bicyclic) bond motifs is 1. The number of hydrogen-bond donors (Lipinski definition) is 4. The molecule has 0 spiro atoms. The van der Waals surface area contributed by atoms with Gasteiger partial charge in [0, 0.05) is 32.2 Å². The van der Waals surface area contributed by atoms with E-state index in [1.807, 2.05) is 41.5 Å². The number of Topliss-reactive ketones (excluding diaryl/α,β-unsaturated/α-hetero) is 1. The van der Waals surface area contributed by atoms with Gasteiger partial charge in [-0.05, 0) is 60.5 Å². The summed E-state index contributed by atoms with van der Waals surface area (Å²) in [4.78, 5) is 70.6. The average molecular weight is 771 g/mol. The smallest absolute Gasteiger partial charge is 0.315 e. The number of hydrogen-bond acceptors (Lipinski definition) is 7. The van der Waals surface area contributed by atoms with E-state index in [4.69, 9.17) is 0 Å². The Labute approximate surface area is 321 Å². The molecule has 300 valence electrons. The molecule has 0 radical (unpaired) electrons. The summed E-state index contributed by atoms with van der Waals surface area (Å²) in [5, 5.41) is 11.4. The maximum absolute atomic E-state index is 14.7. The quantitative estimate of drug-likeness (QED) is 0.144. The third-order valence-electron chi connectivity index (χ3n) is 11.3. The first kappa shape index (κ1) is 43.0. The standard InChI is InChI=1S/C40H62N6O7S/c1-8-10-19-30(35(47)37(49)41-22-9-2)42-36(48)34-29(26(3)4)21-23-46(34)38(50)33(27-16-12-11-13-17-27)44-39(51)43-32(40(5,6)7)25-45-24-28-18-14-15-20-31(28)54(45,52)53/h9,14-15,18,20,26-27,29-30,32-34H,2,8,10-13,16-17,19,21-25H2,1,3-7H3,(H,41,49)(H,42,48)(H2,43,44,51)/t29-,30?,32-,33+,34+/m1/s1. The molecule has 0 bridgehead atoms. The van der Waals surface area contributed by atoms with Gasteiger partial charge in [0.05, 0.1) is 10.9 Å². The molecule has 0 aromatic heterocycles. The number of amides is 5. The van der Waals surface area contributed by atoms with E-state index in [2.05, 4.69) is 27.8 Å². The molecule has 2 heterocycles. The number of carbonyl (C=O) groups excluding carboxylic acids is 5. The largest absolute Gasteiger partial charge is 0.346 e. The molecule has 4 N–H and O–H groups in total. The van der Waals surface area contributed by atoms with Gasteiger partial charge in [-0.25, -0.2) is 13.2 Å². The summed E-state index contributed by atoms with van der Waals surface area (Å²) in [6.45, 7) is 16.0. The molecule has 54 heavy (non-hydrogen) atoms. The highest BCUT2D eigenvalue weighted by molar-refractivity contribution is 7.89. The van der Waals surface area contributed by atoms with Crippen molar-refractivity contribution in [3.05, 3.63) is 42.5 Å². The SMILES string of the molecule is C=CCNC(=O)C(=O)C(CCCC)NC(=O)[C@@H]1[C@@H](C(C)C)CCN1C(=O)[C@@H](NC(=O)N[C@H](CN1Cc2ccccc2S1(=O)=O)C(C)(C)C)C1CCCCC1. The number of benzene rings is 1. The minimum absolute atomic E-state index is 0.0316. The molecule has 2 fully saturated rings. The van der Waals surface area contributed by atoms with Crippen LogP contribution in [0.5, 0.6) is 0 Å². The molecule has 5 atom stereocenters. The molecule has 1 aliphatic carbocycles. The van der Waals surface area contributed by atoms with Crippen molar-refractivity contribution in [1.29, 1.82) is 0 Å². The number of unbranched alkanes of at least 4 members (excludes halogenated alkanes) is 1. The summed E-state index contributed by atoms with van der Waals surface area (Å²) >= 11 is 0. The Bertz CT molecular complexity index is 1630. The van der Waals surface area contributed by atoms with Crippen LogP contribution in [0.3, 0.4) is 0 Å². The fraction of sp³-hybridized carbons (Fsp3) is 0.675. The molecule has 13 nitrogen and oxygen atoms in total. The monoisotopic (exact) mass is 770 g/mol. The molecule has 1 aromatic carbocycles. The normalized spacial score (nSPS) is 21.8. The number of nitrogens with one attached hydrogen (secondary N) is 4. The van der Waals surface area contributed by atoms with Crippen LogP contribution < -0.4 is 21.3 Å². The van der Waals surface area contributed by atoms with Crippen molar-refractivity contribution in [2.24, 2.45) is 23.2 Å². The minimum Gasteiger partial charge on any atom is -0.346 e. The number of rotatable bonds is 16. The van der Waals surface area contributed by atoms with E-state index >= 15 is 0 Å². The van der Waals surface area contributed by atoms with Crippen molar-refractivity contribution >= 4 is 39.6 Å². The molecule has 4 rings (SSSR count). The first-order valence-electron chi connectivity index (χ1n) is 19.7. The minimum atomic E-state index is -3.74. The molecule has 1 aromatic rings. The molecule has 2 aliphatic heterocycles. The lowest BCUT2D eigenvalue weighted by Crippen LogP contribution is -2.61. The van der Waals surface area contributed by atoms with Gasteiger partial charge in [0.25, 0.3) is 5.91 Å². The van der Waals surface area contributed by atoms with Gasteiger partial charge in [-0.3, -0.25) is 19.2 Å². The summed E-state index contributed by atoms with van der Waals surface area (Å²) in [6, 6.07) is 2.84. The number of sulfonamides is 1. The Morgan fingerprint density at radius 1 is 0.981 bits per heavy atom. The second-order valence-electron chi connectivity index (χ2n) is 16.6. The van der Waals surface area contributed by atoms with Crippen molar-refractivity contribution in [3.63, 3.8) is 0 Å². The van der Waals surface area contributed by atoms with Crippen LogP contribution in [0.15, 0.2) is 41.8 Å². The number of likely N-dealkylation sites (tertiary alicyclic amines) is 1. The van der Waals surface area contributed by atoms with E-state index in [0.717, 1.165) is 38.5 Å². The molecular weight excluding hydrogens is 709 g/mol. The summed E-state index contributed by atoms with van der Waals surface area (Å²) in [5.41, 5.74) is 0.168. The zero-order valence-electron chi connectivity index (χ0n) is 33.0. The van der Waals surface area contributed by atoms with Gasteiger partial charge >= 0.3 is 6.03 Å². The fourth-order valence-electron chi connectivity index (χ4n) is 8.01. The maximum atomic E-state index is 14.7. The van der Waals surface area contributed by atoms with Crippen molar-refractivity contribution < 1.29 is 32.4 Å². The predicted octanol–water partition coefficient (Wildman–Crippen LogP) is 4.27. The second-order valence-corrected chi connectivity index (χ2v) is 18.5. The van der Waals surface area contributed by atoms with Gasteiger partial charge in [-0.15, -0.1) is 6.58 Å². The van der Waals surface area contributed by atoms with Crippen LogP contribution >= 0.6 is 0 Å². The van der Waals surface area contributed by atoms with Crippen molar-refractivity contribution in [3.8, 4) is 0 Å². The van der Waals surface area contributed by atoms with Crippen LogP contribution in [0.4, 0.5) is 4.79 Å². The van der Waals surface area contributed by atoms with Crippen LogP contribution in [0.2, 0.25) is 0 Å². The van der Waals surface area contributed by atoms with Gasteiger partial charge in [-0.2, -0.15) is 4.31 Å². The molecule has 1 unspecified atom stereocenters. The van der Waals surface area contributed by atoms with Crippen LogP contribution in [0.25, 0.3) is 0 Å². The molecule has 1 saturated heterocycles. The molecule has 3 aliphatic rings. The summed E-state index contributed by atoms with van der Waals surface area (Å²) in [7, 11) is -3.74. The van der Waals surface area contributed by atoms with Crippen LogP contribution in [0, 0.1) is 23.2 Å². The highest BCUT2D eigenvalue weighted by atomic mass is 32.2. The zero-order chi connectivity index (χ0) is 39.8. The Morgan fingerprint density at radius 3 is 2.28 bits per heavy atom. The summed E-state index contributed by atoms with van der Waals surface area (Å²) < 4.78 is 28.2. The van der Waals surface area contributed by atoms with Crippen LogP contribution in [-0.4, -0.2) is 91.0 Å². The third-order valence-corrected chi connectivity index (χ3v) is 13.2. The lowest BCUT2D eigenvalue weighted by Gasteiger charge is -2.38. The van der Waals surface area contributed by atoms with E-state index in [-0.39, 0.29) is 54.6 Å². The van der Waals surface area contributed by atoms with E-state index in [0.29, 0.717) is 24.9 Å². The molecule has 1 saturated carbocycles. The first-order valence-corrected chi connectivity index (χ1v) is 21.1. The average Bonchev–Trinajstić information content (AvgIpc) is 3.69. The highest BCUT2D eigenvalue weighted by Crippen LogP contribution is 2.35. The number of nitrogens with zero attached hydrogens (tertiary/aromatic N) is 2. The van der Waals surface area contributed by atoms with Gasteiger partial charge in [0.15, 0.2) is 0 Å². The number of ketones is 1. The van der Waals surface area contributed by atoms with E-state index in [1.165, 1.54) is 10.4 Å². The summed E-state index contributed by atoms with van der Waals surface area (Å²) in [6.07, 6.45) is 7.99. The summed E-state index contributed by atoms with van der Waals surface area (Å²) in [5.74, 6) is -2.72. The zero-order valence-corrected chi connectivity index (χ0v) is 33.8. The topological polar surface area (TPSA) is 174 Å². The lowest BCUT2D eigenvalue weighted by molar-refractivity contribution is -0.144. The van der Waals surface area contributed by atoms with Crippen molar-refractivity contribution in [2.45, 2.75) is 135 Å². The highest BCUT2D eigenvalue weighted by Gasteiger charge is 2.47. The Hall–Kier alpha value is -3.78. The van der Waals surface area contributed by atoms with Crippen LogP contribution in [0.1, 0.15) is 105 Å². The number of carbonyl (C=O) groups is 5. The second kappa shape index (κ2) is 18.7. The Kier molecular flexibility index (Phi) is 14.9.